The first-order chi connectivity index (χ1) is 11.1. The minimum atomic E-state index is 0.717. The average Bonchev–Trinajstić information content (AvgIpc) is 3.07. The summed E-state index contributed by atoms with van der Waals surface area (Å²) in [6.07, 6.45) is 4.13. The maximum Gasteiger partial charge on any atom is 0.214 e. The van der Waals surface area contributed by atoms with E-state index in [4.69, 9.17) is 16.6 Å². The van der Waals surface area contributed by atoms with Crippen molar-refractivity contribution in [2.75, 3.05) is 0 Å². The summed E-state index contributed by atoms with van der Waals surface area (Å²) >= 11 is 9.60. The number of aryl methyl sites for hydroxylation is 1. The third-order valence-electron chi connectivity index (χ3n) is 3.88. The molecule has 0 bridgehead atoms. The standard InChI is InChI=1S/C18H13BrClN3/c1-22-17(13-5-2-6-14(19)8-13)11-23-10-16(21-18(22)23)12-4-3-7-15(20)9-12/h2-11H,1H3. The van der Waals surface area contributed by atoms with Gasteiger partial charge in [-0.1, -0.05) is 51.8 Å². The first-order valence-electron chi connectivity index (χ1n) is 7.18. The predicted octanol–water partition coefficient (Wildman–Crippen LogP) is 5.42. The van der Waals surface area contributed by atoms with Gasteiger partial charge < -0.3 is 4.57 Å². The summed E-state index contributed by atoms with van der Waals surface area (Å²) in [5, 5.41) is 0.717. The van der Waals surface area contributed by atoms with E-state index in [9.17, 15) is 0 Å². The van der Waals surface area contributed by atoms with E-state index in [-0.39, 0.29) is 0 Å². The smallest absolute Gasteiger partial charge is 0.214 e. The zero-order valence-electron chi connectivity index (χ0n) is 12.4. The van der Waals surface area contributed by atoms with Crippen molar-refractivity contribution in [1.82, 2.24) is 14.0 Å². The van der Waals surface area contributed by atoms with E-state index in [1.54, 1.807) is 0 Å². The second-order valence-corrected chi connectivity index (χ2v) is 6.78. The van der Waals surface area contributed by atoms with Gasteiger partial charge in [0, 0.05) is 40.1 Å². The Kier molecular flexibility index (Phi) is 3.51. The molecule has 2 aromatic carbocycles. The maximum atomic E-state index is 6.07. The summed E-state index contributed by atoms with van der Waals surface area (Å²) in [5.74, 6) is 0.898. The lowest BCUT2D eigenvalue weighted by Crippen LogP contribution is -1.92. The van der Waals surface area contributed by atoms with Gasteiger partial charge >= 0.3 is 0 Å². The minimum Gasteiger partial charge on any atom is -0.313 e. The number of hydrogen-bond acceptors (Lipinski definition) is 1. The van der Waals surface area contributed by atoms with E-state index in [1.165, 1.54) is 0 Å². The number of hydrogen-bond donors (Lipinski definition) is 0. The van der Waals surface area contributed by atoms with E-state index in [2.05, 4.69) is 38.8 Å². The predicted molar refractivity (Wildman–Crippen MR) is 97.7 cm³/mol. The first kappa shape index (κ1) is 14.5. The quantitative estimate of drug-likeness (QED) is 0.451. The molecular formula is C18H13BrClN3. The molecule has 4 rings (SSSR count). The van der Waals surface area contributed by atoms with E-state index < -0.39 is 0 Å². The Morgan fingerprint density at radius 2 is 1.78 bits per heavy atom. The van der Waals surface area contributed by atoms with Gasteiger partial charge in [-0.2, -0.15) is 0 Å². The summed E-state index contributed by atoms with van der Waals surface area (Å²) in [6.45, 7) is 0. The monoisotopic (exact) mass is 385 g/mol. The lowest BCUT2D eigenvalue weighted by Gasteiger charge is -2.03. The molecule has 0 atom stereocenters. The molecule has 4 aromatic rings. The fourth-order valence-electron chi connectivity index (χ4n) is 2.76. The van der Waals surface area contributed by atoms with Gasteiger partial charge in [-0.15, -0.1) is 0 Å². The van der Waals surface area contributed by atoms with Crippen LogP contribution in [-0.2, 0) is 7.05 Å². The van der Waals surface area contributed by atoms with Crippen LogP contribution < -0.4 is 0 Å². The van der Waals surface area contributed by atoms with E-state index in [0.717, 1.165) is 37.8 Å². The summed E-state index contributed by atoms with van der Waals surface area (Å²) in [5.41, 5.74) is 4.20. The second-order valence-electron chi connectivity index (χ2n) is 5.43. The highest BCUT2D eigenvalue weighted by molar-refractivity contribution is 9.10. The molecule has 0 aliphatic rings. The van der Waals surface area contributed by atoms with Crippen molar-refractivity contribution in [3.05, 3.63) is 70.4 Å². The van der Waals surface area contributed by atoms with Crippen LogP contribution in [0.5, 0.6) is 0 Å². The molecule has 0 saturated heterocycles. The third-order valence-corrected chi connectivity index (χ3v) is 4.60. The highest BCUT2D eigenvalue weighted by atomic mass is 79.9. The van der Waals surface area contributed by atoms with Gasteiger partial charge in [0.05, 0.1) is 11.4 Å². The molecule has 0 spiro atoms. The highest BCUT2D eigenvalue weighted by Gasteiger charge is 2.12. The molecule has 3 nitrogen and oxygen atoms in total. The molecule has 5 heteroatoms. The molecule has 114 valence electrons. The van der Waals surface area contributed by atoms with Gasteiger partial charge in [0.25, 0.3) is 0 Å². The molecule has 0 aliphatic carbocycles. The normalized spacial score (nSPS) is 11.3. The molecule has 2 heterocycles. The van der Waals surface area contributed by atoms with Crippen LogP contribution in [0.4, 0.5) is 0 Å². The average molecular weight is 387 g/mol. The summed E-state index contributed by atoms with van der Waals surface area (Å²) in [6, 6.07) is 16.0. The van der Waals surface area contributed by atoms with Crippen LogP contribution in [-0.4, -0.2) is 14.0 Å². The molecule has 0 aliphatic heterocycles. The van der Waals surface area contributed by atoms with Gasteiger partial charge in [-0.3, -0.25) is 4.40 Å². The van der Waals surface area contributed by atoms with Gasteiger partial charge in [-0.05, 0) is 24.3 Å². The Labute approximate surface area is 147 Å². The van der Waals surface area contributed by atoms with E-state index >= 15 is 0 Å². The molecule has 0 amide bonds. The zero-order valence-corrected chi connectivity index (χ0v) is 14.7. The molecule has 0 N–H and O–H groups in total. The van der Waals surface area contributed by atoms with Gasteiger partial charge in [0.1, 0.15) is 0 Å². The number of aromatic nitrogens is 3. The summed E-state index contributed by atoms with van der Waals surface area (Å²) < 4.78 is 5.20. The molecule has 0 fully saturated rings. The lowest BCUT2D eigenvalue weighted by molar-refractivity contribution is 0.945. The lowest BCUT2D eigenvalue weighted by atomic mass is 10.1. The number of fused-ring (bicyclic) bond motifs is 1. The third kappa shape index (κ3) is 2.58. The van der Waals surface area contributed by atoms with Crippen LogP contribution >= 0.6 is 27.5 Å². The van der Waals surface area contributed by atoms with Crippen LogP contribution in [0.15, 0.2) is 65.4 Å². The Morgan fingerprint density at radius 3 is 2.52 bits per heavy atom. The fourth-order valence-corrected chi connectivity index (χ4v) is 3.35. The van der Waals surface area contributed by atoms with Crippen molar-refractivity contribution >= 4 is 33.3 Å². The molecule has 2 aromatic heterocycles. The molecule has 0 radical (unpaired) electrons. The molecule has 0 saturated carbocycles. The van der Waals surface area contributed by atoms with Crippen molar-refractivity contribution in [2.24, 2.45) is 7.05 Å². The fraction of sp³-hybridized carbons (Fsp3) is 0.0556. The van der Waals surface area contributed by atoms with Gasteiger partial charge in [0.2, 0.25) is 5.78 Å². The van der Waals surface area contributed by atoms with Crippen molar-refractivity contribution in [3.63, 3.8) is 0 Å². The van der Waals surface area contributed by atoms with Crippen LogP contribution in [0.2, 0.25) is 5.02 Å². The van der Waals surface area contributed by atoms with Crippen LogP contribution in [0, 0.1) is 0 Å². The van der Waals surface area contributed by atoms with Crippen LogP contribution in [0.3, 0.4) is 0 Å². The molecule has 23 heavy (non-hydrogen) atoms. The van der Waals surface area contributed by atoms with E-state index in [0.29, 0.717) is 0 Å². The van der Waals surface area contributed by atoms with E-state index in [1.807, 2.05) is 54.0 Å². The summed E-state index contributed by atoms with van der Waals surface area (Å²) in [7, 11) is 2.03. The Balaban J connectivity index is 1.83. The first-order valence-corrected chi connectivity index (χ1v) is 8.35. The minimum absolute atomic E-state index is 0.717. The van der Waals surface area contributed by atoms with Crippen molar-refractivity contribution in [2.45, 2.75) is 0 Å². The Hall–Kier alpha value is -2.04. The number of rotatable bonds is 2. The number of nitrogens with zero attached hydrogens (tertiary/aromatic N) is 3. The Bertz CT molecular complexity index is 1020. The zero-order chi connectivity index (χ0) is 16.0. The largest absolute Gasteiger partial charge is 0.313 e. The molecular weight excluding hydrogens is 374 g/mol. The number of imidazole rings is 2. The number of benzene rings is 2. The van der Waals surface area contributed by atoms with Crippen LogP contribution in [0.1, 0.15) is 0 Å². The van der Waals surface area contributed by atoms with Crippen molar-refractivity contribution < 1.29 is 0 Å². The van der Waals surface area contributed by atoms with Crippen molar-refractivity contribution in [1.29, 1.82) is 0 Å². The topological polar surface area (TPSA) is 22.2 Å². The maximum absolute atomic E-state index is 6.07. The number of halogens is 2. The highest BCUT2D eigenvalue weighted by Crippen LogP contribution is 2.27. The van der Waals surface area contributed by atoms with Gasteiger partial charge in [0.15, 0.2) is 0 Å². The molecule has 0 unspecified atom stereocenters. The van der Waals surface area contributed by atoms with Crippen molar-refractivity contribution in [3.8, 4) is 22.5 Å². The SMILES string of the molecule is Cn1c(-c2cccc(Br)c2)cn2cc(-c3cccc(Cl)c3)nc12. The summed E-state index contributed by atoms with van der Waals surface area (Å²) in [4.78, 5) is 4.75. The van der Waals surface area contributed by atoms with Crippen LogP contribution in [0.25, 0.3) is 28.3 Å². The van der Waals surface area contributed by atoms with Gasteiger partial charge in [-0.25, -0.2) is 4.98 Å². The Morgan fingerprint density at radius 1 is 1.00 bits per heavy atom. The second kappa shape index (κ2) is 5.55.